The van der Waals surface area contributed by atoms with Gasteiger partial charge in [0.1, 0.15) is 0 Å². The minimum Gasteiger partial charge on any atom is -0.388 e. The number of aryl methyl sites for hydroxylation is 1. The van der Waals surface area contributed by atoms with Crippen molar-refractivity contribution < 1.29 is 5.11 Å². The van der Waals surface area contributed by atoms with Gasteiger partial charge in [-0.3, -0.25) is 9.67 Å². The van der Waals surface area contributed by atoms with Gasteiger partial charge in [0.05, 0.1) is 18.3 Å². The molecule has 1 heterocycles. The van der Waals surface area contributed by atoms with Crippen molar-refractivity contribution in [2.75, 3.05) is 20.1 Å². The molecular formula is C15H28IN5O. The molecule has 1 aliphatic carbocycles. The highest BCUT2D eigenvalue weighted by Gasteiger charge is 2.30. The van der Waals surface area contributed by atoms with Crippen molar-refractivity contribution in [3.8, 4) is 0 Å². The van der Waals surface area contributed by atoms with E-state index in [9.17, 15) is 5.11 Å². The molecule has 0 radical (unpaired) electrons. The number of rotatable bonds is 5. The Morgan fingerprint density at radius 2 is 2.18 bits per heavy atom. The molecule has 0 bridgehead atoms. The van der Waals surface area contributed by atoms with Crippen LogP contribution in [-0.4, -0.2) is 51.5 Å². The molecular weight excluding hydrogens is 393 g/mol. The normalized spacial score (nSPS) is 17.2. The quantitative estimate of drug-likeness (QED) is 0.432. The van der Waals surface area contributed by atoms with E-state index in [1.807, 2.05) is 26.5 Å². The molecule has 0 aliphatic heterocycles. The van der Waals surface area contributed by atoms with E-state index in [-0.39, 0.29) is 24.0 Å². The molecule has 0 spiro atoms. The van der Waals surface area contributed by atoms with Gasteiger partial charge in [-0.2, -0.15) is 5.10 Å². The smallest absolute Gasteiger partial charge is 0.194 e. The molecule has 6 nitrogen and oxygen atoms in total. The average molecular weight is 421 g/mol. The van der Waals surface area contributed by atoms with Crippen LogP contribution in [0.1, 0.15) is 38.2 Å². The summed E-state index contributed by atoms with van der Waals surface area (Å²) in [4.78, 5) is 6.69. The Labute approximate surface area is 150 Å². The predicted molar refractivity (Wildman–Crippen MR) is 99.5 cm³/mol. The second-order valence-electron chi connectivity index (χ2n) is 5.98. The largest absolute Gasteiger partial charge is 0.388 e. The third-order valence-electron chi connectivity index (χ3n) is 3.93. The van der Waals surface area contributed by atoms with Crippen LogP contribution in [0.4, 0.5) is 0 Å². The van der Waals surface area contributed by atoms with Crippen LogP contribution in [0.2, 0.25) is 0 Å². The first kappa shape index (κ1) is 19.2. The van der Waals surface area contributed by atoms with Crippen LogP contribution in [-0.2, 0) is 13.6 Å². The number of aliphatic hydroxyl groups is 1. The Bertz CT molecular complexity index is 482. The summed E-state index contributed by atoms with van der Waals surface area (Å²) in [7, 11) is 3.92. The standard InChI is InChI=1S/C15H27N5O.HI/c1-4-16-14(17-12-15(21)7-5-6-8-15)19(2)10-13-9-18-20(3)11-13;/h9,11,21H,4-8,10,12H2,1-3H3,(H,16,17);1H. The molecule has 0 amide bonds. The second-order valence-corrected chi connectivity index (χ2v) is 5.98. The van der Waals surface area contributed by atoms with Gasteiger partial charge in [-0.05, 0) is 19.8 Å². The molecule has 1 fully saturated rings. The summed E-state index contributed by atoms with van der Waals surface area (Å²) in [6, 6.07) is 0. The van der Waals surface area contributed by atoms with Crippen molar-refractivity contribution in [2.24, 2.45) is 12.0 Å². The molecule has 1 saturated carbocycles. The van der Waals surface area contributed by atoms with E-state index in [2.05, 4.69) is 27.2 Å². The van der Waals surface area contributed by atoms with Crippen molar-refractivity contribution in [2.45, 2.75) is 44.8 Å². The summed E-state index contributed by atoms with van der Waals surface area (Å²) < 4.78 is 1.80. The zero-order valence-corrected chi connectivity index (χ0v) is 16.1. The highest BCUT2D eigenvalue weighted by Crippen LogP contribution is 2.29. The lowest BCUT2D eigenvalue weighted by atomic mass is 10.0. The number of halogens is 1. The monoisotopic (exact) mass is 421 g/mol. The first-order valence-electron chi connectivity index (χ1n) is 7.72. The summed E-state index contributed by atoms with van der Waals surface area (Å²) in [5, 5.41) is 17.9. The number of hydrogen-bond acceptors (Lipinski definition) is 3. The Morgan fingerprint density at radius 3 is 2.73 bits per heavy atom. The molecule has 1 aromatic heterocycles. The van der Waals surface area contributed by atoms with E-state index < -0.39 is 5.60 Å². The highest BCUT2D eigenvalue weighted by atomic mass is 127. The maximum atomic E-state index is 10.4. The molecule has 0 unspecified atom stereocenters. The van der Waals surface area contributed by atoms with E-state index in [0.29, 0.717) is 6.54 Å². The van der Waals surface area contributed by atoms with E-state index >= 15 is 0 Å². The van der Waals surface area contributed by atoms with Gasteiger partial charge in [0.25, 0.3) is 0 Å². The lowest BCUT2D eigenvalue weighted by Gasteiger charge is -2.24. The molecule has 2 N–H and O–H groups in total. The van der Waals surface area contributed by atoms with Crippen LogP contribution in [0.15, 0.2) is 17.4 Å². The third-order valence-corrected chi connectivity index (χ3v) is 3.93. The highest BCUT2D eigenvalue weighted by molar-refractivity contribution is 14.0. The molecule has 1 aromatic rings. The fourth-order valence-corrected chi connectivity index (χ4v) is 2.79. The first-order valence-corrected chi connectivity index (χ1v) is 7.72. The number of nitrogens with zero attached hydrogens (tertiary/aromatic N) is 4. The SMILES string of the molecule is CCNC(=NCC1(O)CCCC1)N(C)Cc1cnn(C)c1.I. The Balaban J connectivity index is 0.00000242. The second kappa shape index (κ2) is 8.71. The van der Waals surface area contributed by atoms with E-state index in [1.54, 1.807) is 4.68 Å². The number of nitrogens with one attached hydrogen (secondary N) is 1. The molecule has 7 heteroatoms. The lowest BCUT2D eigenvalue weighted by Crippen LogP contribution is -2.40. The topological polar surface area (TPSA) is 65.7 Å². The Kier molecular flexibility index (Phi) is 7.61. The van der Waals surface area contributed by atoms with Crippen molar-refractivity contribution >= 4 is 29.9 Å². The number of guanidine groups is 1. The molecule has 0 aromatic carbocycles. The summed E-state index contributed by atoms with van der Waals surface area (Å²) in [5.74, 6) is 0.835. The van der Waals surface area contributed by atoms with Crippen LogP contribution in [0, 0.1) is 0 Å². The average Bonchev–Trinajstić information content (AvgIpc) is 3.04. The molecule has 2 rings (SSSR count). The van der Waals surface area contributed by atoms with E-state index in [1.165, 1.54) is 0 Å². The van der Waals surface area contributed by atoms with Gasteiger partial charge >= 0.3 is 0 Å². The molecule has 126 valence electrons. The summed E-state index contributed by atoms with van der Waals surface area (Å²) in [6.07, 6.45) is 7.81. The summed E-state index contributed by atoms with van der Waals surface area (Å²) in [5.41, 5.74) is 0.542. The van der Waals surface area contributed by atoms with Crippen molar-refractivity contribution in [3.05, 3.63) is 18.0 Å². The molecule has 1 aliphatic rings. The summed E-state index contributed by atoms with van der Waals surface area (Å²) in [6.45, 7) is 4.09. The van der Waals surface area contributed by atoms with Crippen molar-refractivity contribution in [1.82, 2.24) is 20.0 Å². The fourth-order valence-electron chi connectivity index (χ4n) is 2.79. The van der Waals surface area contributed by atoms with Gasteiger partial charge in [-0.25, -0.2) is 0 Å². The van der Waals surface area contributed by atoms with Crippen LogP contribution < -0.4 is 5.32 Å². The number of aliphatic imine (C=N–C) groups is 1. The minimum atomic E-state index is -0.601. The van der Waals surface area contributed by atoms with Crippen molar-refractivity contribution in [1.29, 1.82) is 0 Å². The molecule has 0 atom stereocenters. The maximum absolute atomic E-state index is 10.4. The van der Waals surface area contributed by atoms with Gasteiger partial charge in [-0.15, -0.1) is 24.0 Å². The molecule has 22 heavy (non-hydrogen) atoms. The van der Waals surface area contributed by atoms with Gasteiger partial charge in [0, 0.05) is 38.9 Å². The van der Waals surface area contributed by atoms with Crippen LogP contribution >= 0.6 is 24.0 Å². The van der Waals surface area contributed by atoms with E-state index in [0.717, 1.165) is 50.3 Å². The molecule has 0 saturated heterocycles. The fraction of sp³-hybridized carbons (Fsp3) is 0.733. The lowest BCUT2D eigenvalue weighted by molar-refractivity contribution is 0.0572. The third kappa shape index (κ3) is 5.42. The van der Waals surface area contributed by atoms with Crippen LogP contribution in [0.3, 0.4) is 0 Å². The van der Waals surface area contributed by atoms with E-state index in [4.69, 9.17) is 0 Å². The van der Waals surface area contributed by atoms with Gasteiger partial charge < -0.3 is 15.3 Å². The number of hydrogen-bond donors (Lipinski definition) is 2. The van der Waals surface area contributed by atoms with Crippen LogP contribution in [0.25, 0.3) is 0 Å². The first-order chi connectivity index (χ1) is 10.0. The minimum absolute atomic E-state index is 0. The van der Waals surface area contributed by atoms with Gasteiger partial charge in [0.15, 0.2) is 5.96 Å². The van der Waals surface area contributed by atoms with Gasteiger partial charge in [0.2, 0.25) is 0 Å². The Morgan fingerprint density at radius 1 is 1.50 bits per heavy atom. The zero-order chi connectivity index (χ0) is 15.3. The van der Waals surface area contributed by atoms with Crippen molar-refractivity contribution in [3.63, 3.8) is 0 Å². The predicted octanol–water partition coefficient (Wildman–Crippen LogP) is 1.74. The van der Waals surface area contributed by atoms with Crippen LogP contribution in [0.5, 0.6) is 0 Å². The number of aromatic nitrogens is 2. The Hall–Kier alpha value is -0.830. The zero-order valence-electron chi connectivity index (χ0n) is 13.7. The van der Waals surface area contributed by atoms with Gasteiger partial charge in [-0.1, -0.05) is 12.8 Å². The summed E-state index contributed by atoms with van der Waals surface area (Å²) >= 11 is 0. The maximum Gasteiger partial charge on any atom is 0.194 e.